The lowest BCUT2D eigenvalue weighted by atomic mass is 9.90. The summed E-state index contributed by atoms with van der Waals surface area (Å²) in [6.07, 6.45) is 6.09. The number of nitrogens with zero attached hydrogens (tertiary/aromatic N) is 2. The number of hydrogen-bond acceptors (Lipinski definition) is 3. The molecular weight excluding hydrogens is 343 g/mol. The summed E-state index contributed by atoms with van der Waals surface area (Å²) in [4.78, 5) is 13.3. The molecule has 0 bridgehead atoms. The number of halogens is 2. The lowest BCUT2D eigenvalue weighted by molar-refractivity contribution is 0.112. The molecule has 5 heteroatoms. The molecule has 1 aliphatic carbocycles. The Morgan fingerprint density at radius 1 is 1.38 bits per heavy atom. The van der Waals surface area contributed by atoms with Crippen molar-refractivity contribution in [3.8, 4) is 6.07 Å². The van der Waals surface area contributed by atoms with Crippen LogP contribution in [0.3, 0.4) is 0 Å². The normalized spacial score (nSPS) is 19.6. The van der Waals surface area contributed by atoms with E-state index < -0.39 is 0 Å². The van der Waals surface area contributed by atoms with E-state index in [4.69, 9.17) is 23.2 Å². The monoisotopic (exact) mass is 358 g/mol. The maximum atomic E-state index is 11.1. The van der Waals surface area contributed by atoms with Crippen LogP contribution in [0.1, 0.15) is 29.3 Å². The molecule has 1 aromatic rings. The van der Waals surface area contributed by atoms with E-state index in [0.29, 0.717) is 28.5 Å². The molecule has 0 saturated carbocycles. The van der Waals surface area contributed by atoms with Crippen LogP contribution in [0.5, 0.6) is 0 Å². The van der Waals surface area contributed by atoms with Gasteiger partial charge in [-0.3, -0.25) is 4.79 Å². The Kier molecular flexibility index (Phi) is 4.54. The summed E-state index contributed by atoms with van der Waals surface area (Å²) in [5.41, 5.74) is 5.41. The fraction of sp³-hybridized carbons (Fsp3) is 0.263. The molecule has 2 aliphatic rings. The summed E-state index contributed by atoms with van der Waals surface area (Å²) in [6.45, 7) is 2.03. The molecule has 0 saturated heterocycles. The highest BCUT2D eigenvalue weighted by molar-refractivity contribution is 6.37. The van der Waals surface area contributed by atoms with Gasteiger partial charge in [0, 0.05) is 41.7 Å². The maximum Gasteiger partial charge on any atom is 0.151 e. The largest absolute Gasteiger partial charge is 0.370 e. The molecule has 0 aromatic heterocycles. The highest BCUT2D eigenvalue weighted by Gasteiger charge is 2.32. The molecule has 0 fully saturated rings. The standard InChI is InChI=1S/C19H16Cl2N2O/c1-11-5-12(9-22)6-18-15(11)7-14(23(18)2)8-16-17(20)4-3-13(10-24)19(16)21/h3-5,7,10,18H,6,8H2,1-2H3. The lowest BCUT2D eigenvalue weighted by Gasteiger charge is -2.29. The zero-order valence-electron chi connectivity index (χ0n) is 13.4. The third-order valence-corrected chi connectivity index (χ3v) is 5.51. The van der Waals surface area contributed by atoms with E-state index in [-0.39, 0.29) is 6.04 Å². The smallest absolute Gasteiger partial charge is 0.151 e. The Balaban J connectivity index is 1.98. The van der Waals surface area contributed by atoms with Crippen molar-refractivity contribution in [2.75, 3.05) is 7.05 Å². The fourth-order valence-electron chi connectivity index (χ4n) is 3.33. The topological polar surface area (TPSA) is 44.1 Å². The first kappa shape index (κ1) is 16.8. The van der Waals surface area contributed by atoms with Gasteiger partial charge in [-0.15, -0.1) is 0 Å². The quantitative estimate of drug-likeness (QED) is 0.734. The number of rotatable bonds is 3. The molecule has 1 aliphatic heterocycles. The molecule has 1 atom stereocenters. The third kappa shape index (κ3) is 2.77. The molecule has 1 unspecified atom stereocenters. The summed E-state index contributed by atoms with van der Waals surface area (Å²) in [6, 6.07) is 5.77. The minimum atomic E-state index is 0.173. The van der Waals surface area contributed by atoms with Crippen LogP contribution >= 0.6 is 23.2 Å². The number of fused-ring (bicyclic) bond motifs is 1. The van der Waals surface area contributed by atoms with Gasteiger partial charge in [0.15, 0.2) is 6.29 Å². The molecule has 0 radical (unpaired) electrons. The summed E-state index contributed by atoms with van der Waals surface area (Å²) < 4.78 is 0. The van der Waals surface area contributed by atoms with Crippen molar-refractivity contribution in [2.45, 2.75) is 25.8 Å². The Labute approximate surface area is 151 Å². The minimum absolute atomic E-state index is 0.173. The first-order valence-corrected chi connectivity index (χ1v) is 8.38. The first-order valence-electron chi connectivity index (χ1n) is 7.63. The summed E-state index contributed by atoms with van der Waals surface area (Å²) in [7, 11) is 2.02. The SMILES string of the molecule is CC1=C2C=C(Cc3c(Cl)ccc(C=O)c3Cl)N(C)C2CC(C#N)=C1. The molecule has 24 heavy (non-hydrogen) atoms. The maximum absolute atomic E-state index is 11.1. The highest BCUT2D eigenvalue weighted by atomic mass is 35.5. The van der Waals surface area contributed by atoms with Crippen LogP contribution in [-0.4, -0.2) is 24.3 Å². The van der Waals surface area contributed by atoms with Gasteiger partial charge in [-0.2, -0.15) is 5.26 Å². The van der Waals surface area contributed by atoms with E-state index in [1.165, 1.54) is 5.57 Å². The van der Waals surface area contributed by atoms with Gasteiger partial charge in [0.05, 0.1) is 17.1 Å². The number of carbonyl (C=O) groups is 1. The molecule has 3 nitrogen and oxygen atoms in total. The second-order valence-electron chi connectivity index (χ2n) is 6.11. The number of hydrogen-bond donors (Lipinski definition) is 0. The van der Waals surface area contributed by atoms with E-state index in [0.717, 1.165) is 28.7 Å². The Morgan fingerprint density at radius 3 is 2.79 bits per heavy atom. The Bertz CT molecular complexity index is 859. The first-order chi connectivity index (χ1) is 11.5. The second kappa shape index (κ2) is 6.47. The van der Waals surface area contributed by atoms with E-state index in [2.05, 4.69) is 17.0 Å². The molecule has 0 amide bonds. The molecular formula is C19H16Cl2N2O. The Hall–Kier alpha value is -2.02. The van der Waals surface area contributed by atoms with Crippen molar-refractivity contribution in [2.24, 2.45) is 0 Å². The van der Waals surface area contributed by atoms with Crippen molar-refractivity contribution in [3.05, 3.63) is 67.9 Å². The molecule has 0 N–H and O–H groups in total. The fourth-order valence-corrected chi connectivity index (χ4v) is 3.87. The van der Waals surface area contributed by atoms with Crippen LogP contribution in [0.4, 0.5) is 0 Å². The number of aldehydes is 1. The predicted octanol–water partition coefficient (Wildman–Crippen LogP) is 4.72. The summed E-state index contributed by atoms with van der Waals surface area (Å²) in [5.74, 6) is 0. The van der Waals surface area contributed by atoms with Gasteiger partial charge < -0.3 is 4.90 Å². The Morgan fingerprint density at radius 2 is 2.12 bits per heavy atom. The number of likely N-dealkylation sites (N-methyl/N-ethyl adjacent to an activating group) is 1. The van der Waals surface area contributed by atoms with Crippen LogP contribution in [-0.2, 0) is 6.42 Å². The van der Waals surface area contributed by atoms with E-state index in [1.807, 2.05) is 20.0 Å². The average molecular weight is 359 g/mol. The van der Waals surface area contributed by atoms with Gasteiger partial charge in [0.2, 0.25) is 0 Å². The van der Waals surface area contributed by atoms with Crippen molar-refractivity contribution >= 4 is 29.5 Å². The second-order valence-corrected chi connectivity index (χ2v) is 6.90. The van der Waals surface area contributed by atoms with Gasteiger partial charge in [-0.25, -0.2) is 0 Å². The number of carbonyl (C=O) groups excluding carboxylic acids is 1. The molecule has 3 rings (SSSR count). The summed E-state index contributed by atoms with van der Waals surface area (Å²) >= 11 is 12.6. The van der Waals surface area contributed by atoms with Crippen LogP contribution in [0.25, 0.3) is 0 Å². The van der Waals surface area contributed by atoms with Gasteiger partial charge in [-0.05, 0) is 47.9 Å². The summed E-state index contributed by atoms with van der Waals surface area (Å²) in [5, 5.41) is 10.2. The average Bonchev–Trinajstić information content (AvgIpc) is 2.88. The zero-order valence-corrected chi connectivity index (χ0v) is 14.9. The van der Waals surface area contributed by atoms with Crippen molar-refractivity contribution in [1.29, 1.82) is 5.26 Å². The van der Waals surface area contributed by atoms with Crippen LogP contribution in [0, 0.1) is 11.3 Å². The lowest BCUT2D eigenvalue weighted by Crippen LogP contribution is -2.30. The van der Waals surface area contributed by atoms with Crippen molar-refractivity contribution < 1.29 is 4.79 Å². The number of nitriles is 1. The third-order valence-electron chi connectivity index (χ3n) is 4.71. The zero-order chi connectivity index (χ0) is 17.4. The molecule has 1 heterocycles. The van der Waals surface area contributed by atoms with Gasteiger partial charge in [-0.1, -0.05) is 23.2 Å². The van der Waals surface area contributed by atoms with Crippen molar-refractivity contribution in [3.63, 3.8) is 0 Å². The molecule has 1 aromatic carbocycles. The highest BCUT2D eigenvalue weighted by Crippen LogP contribution is 2.38. The van der Waals surface area contributed by atoms with Crippen LogP contribution in [0.15, 0.2) is 46.7 Å². The van der Waals surface area contributed by atoms with Gasteiger partial charge in [0.1, 0.15) is 0 Å². The molecule has 0 spiro atoms. The van der Waals surface area contributed by atoms with Crippen LogP contribution < -0.4 is 0 Å². The van der Waals surface area contributed by atoms with E-state index >= 15 is 0 Å². The number of allylic oxidation sites excluding steroid dienone is 3. The molecule has 122 valence electrons. The van der Waals surface area contributed by atoms with Gasteiger partial charge in [0.25, 0.3) is 0 Å². The minimum Gasteiger partial charge on any atom is -0.370 e. The predicted molar refractivity (Wildman–Crippen MR) is 96.2 cm³/mol. The van der Waals surface area contributed by atoms with E-state index in [1.54, 1.807) is 12.1 Å². The van der Waals surface area contributed by atoms with Gasteiger partial charge >= 0.3 is 0 Å². The van der Waals surface area contributed by atoms with Crippen molar-refractivity contribution in [1.82, 2.24) is 4.90 Å². The van der Waals surface area contributed by atoms with Crippen LogP contribution in [0.2, 0.25) is 10.0 Å². The van der Waals surface area contributed by atoms with E-state index in [9.17, 15) is 10.1 Å². The number of benzene rings is 1.